The summed E-state index contributed by atoms with van der Waals surface area (Å²) in [5.41, 5.74) is 10.4. The number of amides is 5. The highest BCUT2D eigenvalue weighted by Crippen LogP contribution is 2.11. The number of rotatable bonds is 11. The van der Waals surface area contributed by atoms with Crippen molar-refractivity contribution in [1.82, 2.24) is 36.3 Å². The molecule has 0 aliphatic carbocycles. The molecular weight excluding hydrogens is 386 g/mol. The Kier molecular flexibility index (Phi) is 9.18. The van der Waals surface area contributed by atoms with Crippen LogP contribution in [0.3, 0.4) is 0 Å². The number of hydrogen-bond donors (Lipinski definition) is 6. The third-order valence-electron chi connectivity index (χ3n) is 3.64. The summed E-state index contributed by atoms with van der Waals surface area (Å²) in [5.74, 6) is -2.67. The number of carbonyl (C=O) groups excluding carboxylic acids is 5. The van der Waals surface area contributed by atoms with Crippen molar-refractivity contribution in [2.75, 3.05) is 26.2 Å². The molecule has 0 saturated carbocycles. The van der Waals surface area contributed by atoms with Crippen LogP contribution in [-0.2, 0) is 24.0 Å². The normalized spacial score (nSPS) is 12.4. The molecule has 0 unspecified atom stereocenters. The van der Waals surface area contributed by atoms with Crippen molar-refractivity contribution in [3.63, 3.8) is 0 Å². The van der Waals surface area contributed by atoms with Gasteiger partial charge in [-0.1, -0.05) is 5.21 Å². The van der Waals surface area contributed by atoms with E-state index in [2.05, 4.69) is 31.6 Å². The lowest BCUT2D eigenvalue weighted by Crippen LogP contribution is -2.42. The molecule has 160 valence electrons. The number of aromatic nitrogens is 3. The second-order valence-electron chi connectivity index (χ2n) is 6.03. The minimum absolute atomic E-state index is 0.218. The molecule has 8 N–H and O–H groups in total. The van der Waals surface area contributed by atoms with E-state index in [1.165, 1.54) is 10.9 Å². The predicted molar refractivity (Wildman–Crippen MR) is 98.6 cm³/mol. The summed E-state index contributed by atoms with van der Waals surface area (Å²) < 4.78 is 1.27. The summed E-state index contributed by atoms with van der Waals surface area (Å²) in [6.45, 7) is 2.09. The molecule has 1 heterocycles. The first-order valence-corrected chi connectivity index (χ1v) is 8.64. The molecule has 0 aliphatic rings. The van der Waals surface area contributed by atoms with Crippen molar-refractivity contribution in [3.8, 4) is 0 Å². The van der Waals surface area contributed by atoms with Gasteiger partial charge in [-0.3, -0.25) is 24.0 Å². The molecule has 29 heavy (non-hydrogen) atoms. The van der Waals surface area contributed by atoms with Gasteiger partial charge >= 0.3 is 0 Å². The molecule has 0 saturated heterocycles. The zero-order valence-corrected chi connectivity index (χ0v) is 16.1. The minimum atomic E-state index is -0.785. The zero-order valence-electron chi connectivity index (χ0n) is 16.1. The van der Waals surface area contributed by atoms with Crippen LogP contribution in [0.5, 0.6) is 0 Å². The molecule has 0 spiro atoms. The lowest BCUT2D eigenvalue weighted by Gasteiger charge is -2.13. The van der Waals surface area contributed by atoms with Crippen molar-refractivity contribution >= 4 is 29.5 Å². The Hall–Kier alpha value is -3.55. The van der Waals surface area contributed by atoms with Crippen LogP contribution >= 0.6 is 0 Å². The minimum Gasteiger partial charge on any atom is -0.368 e. The standard InChI is InChI=1S/C15H25N9O5/c1-8(21-14(28)6-19-12(26)3-16)10-7-24(23-22-10)9(2)15(29)20-5-13(27)18-4-11(17)25/h7-9H,3-6,16H2,1-2H3,(H2,17,25)(H,18,27)(H,19,26)(H,20,29)(H,21,28)/t8-,9-/m0/s1. The number of nitrogens with zero attached hydrogens (tertiary/aromatic N) is 3. The molecule has 0 radical (unpaired) electrons. The molecule has 0 aromatic carbocycles. The Morgan fingerprint density at radius 1 is 1.00 bits per heavy atom. The van der Waals surface area contributed by atoms with Gasteiger partial charge in [-0.15, -0.1) is 5.10 Å². The highest BCUT2D eigenvalue weighted by Gasteiger charge is 2.20. The second kappa shape index (κ2) is 11.3. The van der Waals surface area contributed by atoms with Crippen molar-refractivity contribution < 1.29 is 24.0 Å². The predicted octanol–water partition coefficient (Wildman–Crippen LogP) is -4.19. The zero-order chi connectivity index (χ0) is 22.0. The molecule has 2 atom stereocenters. The molecule has 1 aromatic rings. The van der Waals surface area contributed by atoms with E-state index in [1.54, 1.807) is 13.8 Å². The monoisotopic (exact) mass is 411 g/mol. The highest BCUT2D eigenvalue weighted by atomic mass is 16.2. The smallest absolute Gasteiger partial charge is 0.245 e. The maximum Gasteiger partial charge on any atom is 0.245 e. The van der Waals surface area contributed by atoms with Crippen LogP contribution in [0.2, 0.25) is 0 Å². The maximum atomic E-state index is 12.1. The van der Waals surface area contributed by atoms with Gasteiger partial charge in [-0.25, -0.2) is 4.68 Å². The first-order chi connectivity index (χ1) is 13.6. The van der Waals surface area contributed by atoms with E-state index < -0.39 is 41.6 Å². The van der Waals surface area contributed by atoms with Gasteiger partial charge in [0.2, 0.25) is 29.5 Å². The molecule has 5 amide bonds. The van der Waals surface area contributed by atoms with Gasteiger partial charge < -0.3 is 32.7 Å². The largest absolute Gasteiger partial charge is 0.368 e. The topological polar surface area (TPSA) is 216 Å². The molecule has 1 rings (SSSR count). The van der Waals surface area contributed by atoms with Crippen LogP contribution in [0.1, 0.15) is 31.6 Å². The average molecular weight is 411 g/mol. The lowest BCUT2D eigenvalue weighted by molar-refractivity contribution is -0.128. The number of carbonyl (C=O) groups is 5. The summed E-state index contributed by atoms with van der Waals surface area (Å²) in [6.07, 6.45) is 1.47. The summed E-state index contributed by atoms with van der Waals surface area (Å²) in [7, 11) is 0. The van der Waals surface area contributed by atoms with Gasteiger partial charge in [0.15, 0.2) is 0 Å². The maximum absolute atomic E-state index is 12.1. The number of hydrogen-bond acceptors (Lipinski definition) is 8. The van der Waals surface area contributed by atoms with Crippen molar-refractivity contribution in [3.05, 3.63) is 11.9 Å². The van der Waals surface area contributed by atoms with Crippen molar-refractivity contribution in [2.45, 2.75) is 25.9 Å². The highest BCUT2D eigenvalue weighted by molar-refractivity contribution is 5.88. The quantitative estimate of drug-likeness (QED) is 0.209. The molecule has 0 fully saturated rings. The van der Waals surface area contributed by atoms with Crippen LogP contribution in [0, 0.1) is 0 Å². The first-order valence-electron chi connectivity index (χ1n) is 8.64. The number of primary amides is 1. The van der Waals surface area contributed by atoms with Crippen LogP contribution in [0.25, 0.3) is 0 Å². The van der Waals surface area contributed by atoms with E-state index in [0.29, 0.717) is 5.69 Å². The summed E-state index contributed by atoms with van der Waals surface area (Å²) >= 11 is 0. The first kappa shape index (κ1) is 23.5. The summed E-state index contributed by atoms with van der Waals surface area (Å²) in [4.78, 5) is 57.0. The van der Waals surface area contributed by atoms with Crippen molar-refractivity contribution in [2.24, 2.45) is 11.5 Å². The molecule has 0 bridgehead atoms. The average Bonchev–Trinajstić information content (AvgIpc) is 3.18. The summed E-state index contributed by atoms with van der Waals surface area (Å²) in [6, 6.07) is -1.31. The van der Waals surface area contributed by atoms with Gasteiger partial charge in [0.05, 0.1) is 38.4 Å². The Bertz CT molecular complexity index is 763. The third-order valence-corrected chi connectivity index (χ3v) is 3.64. The van der Waals surface area contributed by atoms with E-state index in [1.807, 2.05) is 0 Å². The Morgan fingerprint density at radius 2 is 1.62 bits per heavy atom. The molecule has 14 heteroatoms. The molecular formula is C15H25N9O5. The fraction of sp³-hybridized carbons (Fsp3) is 0.533. The van der Waals surface area contributed by atoms with Crippen LogP contribution in [-0.4, -0.2) is 70.7 Å². The number of nitrogens with two attached hydrogens (primary N) is 2. The Labute approximate surface area is 166 Å². The van der Waals surface area contributed by atoms with E-state index in [0.717, 1.165) is 0 Å². The van der Waals surface area contributed by atoms with E-state index >= 15 is 0 Å². The van der Waals surface area contributed by atoms with E-state index in [4.69, 9.17) is 11.5 Å². The van der Waals surface area contributed by atoms with Gasteiger partial charge in [0.25, 0.3) is 0 Å². The van der Waals surface area contributed by atoms with Gasteiger partial charge in [0.1, 0.15) is 11.7 Å². The fourth-order valence-corrected chi connectivity index (χ4v) is 1.98. The molecule has 1 aromatic heterocycles. The Morgan fingerprint density at radius 3 is 2.24 bits per heavy atom. The number of nitrogens with one attached hydrogen (secondary N) is 4. The lowest BCUT2D eigenvalue weighted by atomic mass is 10.2. The molecule has 0 aliphatic heterocycles. The van der Waals surface area contributed by atoms with Crippen LogP contribution < -0.4 is 32.7 Å². The SMILES string of the molecule is C[C@H](NC(=O)CNC(=O)CN)c1cn([C@@H](C)C(=O)NCC(=O)NCC(N)=O)nn1. The third kappa shape index (κ3) is 8.34. The van der Waals surface area contributed by atoms with Gasteiger partial charge in [-0.05, 0) is 13.8 Å². The van der Waals surface area contributed by atoms with E-state index in [-0.39, 0.29) is 26.2 Å². The van der Waals surface area contributed by atoms with Gasteiger partial charge in [0, 0.05) is 0 Å². The van der Waals surface area contributed by atoms with Gasteiger partial charge in [-0.2, -0.15) is 0 Å². The van der Waals surface area contributed by atoms with Crippen molar-refractivity contribution in [1.29, 1.82) is 0 Å². The Balaban J connectivity index is 2.52. The summed E-state index contributed by atoms with van der Waals surface area (Å²) in [5, 5.41) is 17.3. The molecule has 14 nitrogen and oxygen atoms in total. The second-order valence-corrected chi connectivity index (χ2v) is 6.03. The fourth-order valence-electron chi connectivity index (χ4n) is 1.98. The van der Waals surface area contributed by atoms with Crippen LogP contribution in [0.4, 0.5) is 0 Å². The van der Waals surface area contributed by atoms with Crippen LogP contribution in [0.15, 0.2) is 6.20 Å². The van der Waals surface area contributed by atoms with E-state index in [9.17, 15) is 24.0 Å².